The van der Waals surface area contributed by atoms with Crippen molar-refractivity contribution in [2.45, 2.75) is 44.6 Å². The molecule has 0 aromatic heterocycles. The lowest BCUT2D eigenvalue weighted by molar-refractivity contribution is 0.270. The molecule has 1 saturated carbocycles. The van der Waals surface area contributed by atoms with Crippen LogP contribution in [0.1, 0.15) is 38.5 Å². The largest absolute Gasteiger partial charge is 0.314 e. The maximum Gasteiger partial charge on any atom is 0.0109 e. The van der Waals surface area contributed by atoms with Gasteiger partial charge in [0.2, 0.25) is 0 Å². The molecule has 100 valence electrons. The summed E-state index contributed by atoms with van der Waals surface area (Å²) in [7, 11) is 2.24. The average Bonchev–Trinajstić information content (AvgIpc) is 3.13. The molecule has 3 nitrogen and oxygen atoms in total. The van der Waals surface area contributed by atoms with Crippen molar-refractivity contribution in [2.24, 2.45) is 0 Å². The van der Waals surface area contributed by atoms with Crippen molar-refractivity contribution in [3.8, 4) is 0 Å². The molecule has 1 N–H and O–H groups in total. The van der Waals surface area contributed by atoms with Crippen LogP contribution in [0.3, 0.4) is 0 Å². The van der Waals surface area contributed by atoms with E-state index in [1.54, 1.807) is 0 Å². The molecule has 17 heavy (non-hydrogen) atoms. The Morgan fingerprint density at radius 3 is 2.71 bits per heavy atom. The van der Waals surface area contributed by atoms with Gasteiger partial charge in [-0.1, -0.05) is 6.42 Å². The average molecular weight is 239 g/mol. The summed E-state index contributed by atoms with van der Waals surface area (Å²) in [6.45, 7) is 7.68. The van der Waals surface area contributed by atoms with Gasteiger partial charge in [0, 0.05) is 19.1 Å². The van der Waals surface area contributed by atoms with Crippen LogP contribution in [0.2, 0.25) is 0 Å². The summed E-state index contributed by atoms with van der Waals surface area (Å²) < 4.78 is 0. The van der Waals surface area contributed by atoms with Gasteiger partial charge in [-0.25, -0.2) is 0 Å². The van der Waals surface area contributed by atoms with Crippen molar-refractivity contribution in [2.75, 3.05) is 46.3 Å². The van der Waals surface area contributed by atoms with Crippen molar-refractivity contribution in [3.05, 3.63) is 0 Å². The van der Waals surface area contributed by atoms with Gasteiger partial charge in [0.25, 0.3) is 0 Å². The molecule has 0 amide bonds. The Labute approximate surface area is 107 Å². The minimum atomic E-state index is 0.885. The molecule has 1 aliphatic carbocycles. The topological polar surface area (TPSA) is 18.5 Å². The van der Waals surface area contributed by atoms with Crippen LogP contribution in [0.25, 0.3) is 0 Å². The molecule has 2 aliphatic rings. The lowest BCUT2D eigenvalue weighted by atomic mass is 10.2. The van der Waals surface area contributed by atoms with Crippen LogP contribution in [0.4, 0.5) is 0 Å². The van der Waals surface area contributed by atoms with Gasteiger partial charge < -0.3 is 15.1 Å². The van der Waals surface area contributed by atoms with Crippen LogP contribution in [0.5, 0.6) is 0 Å². The van der Waals surface area contributed by atoms with Crippen LogP contribution in [0.15, 0.2) is 0 Å². The van der Waals surface area contributed by atoms with E-state index in [1.165, 1.54) is 77.8 Å². The van der Waals surface area contributed by atoms with Crippen LogP contribution >= 0.6 is 0 Å². The van der Waals surface area contributed by atoms with Crippen molar-refractivity contribution >= 4 is 0 Å². The van der Waals surface area contributed by atoms with Gasteiger partial charge in [0.15, 0.2) is 0 Å². The van der Waals surface area contributed by atoms with Gasteiger partial charge in [0.1, 0.15) is 0 Å². The quantitative estimate of drug-likeness (QED) is 0.680. The summed E-state index contributed by atoms with van der Waals surface area (Å²) >= 11 is 0. The zero-order valence-corrected chi connectivity index (χ0v) is 11.5. The third-order valence-electron chi connectivity index (χ3n) is 3.97. The van der Waals surface area contributed by atoms with Gasteiger partial charge in [-0.05, 0) is 65.3 Å². The maximum absolute atomic E-state index is 3.59. The molecule has 1 aliphatic heterocycles. The summed E-state index contributed by atoms with van der Waals surface area (Å²) in [5.74, 6) is 0. The van der Waals surface area contributed by atoms with E-state index in [4.69, 9.17) is 0 Å². The molecule has 0 atom stereocenters. The molecular weight excluding hydrogens is 210 g/mol. The highest BCUT2D eigenvalue weighted by molar-refractivity contribution is 4.80. The Morgan fingerprint density at radius 1 is 1.00 bits per heavy atom. The molecule has 0 bridgehead atoms. The molecule has 0 aromatic rings. The fourth-order valence-electron chi connectivity index (χ4n) is 2.55. The Balaban J connectivity index is 1.43. The molecule has 1 saturated heterocycles. The summed E-state index contributed by atoms with van der Waals surface area (Å²) in [6.07, 6.45) is 8.33. The molecule has 0 aromatic carbocycles. The first-order valence-electron chi connectivity index (χ1n) is 7.49. The SMILES string of the molecule is CN1CCCN(CCCCCNC2CC2)CC1. The number of hydrogen-bond acceptors (Lipinski definition) is 3. The number of nitrogens with zero attached hydrogens (tertiary/aromatic N) is 2. The first-order valence-corrected chi connectivity index (χ1v) is 7.49. The number of nitrogens with one attached hydrogen (secondary N) is 1. The van der Waals surface area contributed by atoms with E-state index in [1.807, 2.05) is 0 Å². The standard InChI is InChI=1S/C14H29N3/c1-16-9-5-11-17(13-12-16)10-4-2-3-8-15-14-6-7-14/h14-15H,2-13H2,1H3. The van der Waals surface area contributed by atoms with E-state index in [9.17, 15) is 0 Å². The second-order valence-corrected chi connectivity index (χ2v) is 5.79. The van der Waals surface area contributed by atoms with E-state index in [0.717, 1.165) is 6.04 Å². The second-order valence-electron chi connectivity index (χ2n) is 5.79. The van der Waals surface area contributed by atoms with E-state index < -0.39 is 0 Å². The molecular formula is C14H29N3. The monoisotopic (exact) mass is 239 g/mol. The first-order chi connectivity index (χ1) is 8.34. The molecule has 1 heterocycles. The van der Waals surface area contributed by atoms with E-state index in [2.05, 4.69) is 22.2 Å². The Hall–Kier alpha value is -0.120. The highest BCUT2D eigenvalue weighted by Crippen LogP contribution is 2.18. The third-order valence-corrected chi connectivity index (χ3v) is 3.97. The van der Waals surface area contributed by atoms with Crippen LogP contribution < -0.4 is 5.32 Å². The zero-order valence-electron chi connectivity index (χ0n) is 11.5. The summed E-state index contributed by atoms with van der Waals surface area (Å²) in [5, 5.41) is 3.59. The van der Waals surface area contributed by atoms with Gasteiger partial charge in [0.05, 0.1) is 0 Å². The molecule has 2 rings (SSSR count). The maximum atomic E-state index is 3.59. The highest BCUT2D eigenvalue weighted by Gasteiger charge is 2.19. The molecule has 3 heteroatoms. The zero-order chi connectivity index (χ0) is 11.9. The predicted molar refractivity (Wildman–Crippen MR) is 73.4 cm³/mol. The lowest BCUT2D eigenvalue weighted by Gasteiger charge is -2.19. The molecule has 2 fully saturated rings. The number of rotatable bonds is 7. The molecule has 0 unspecified atom stereocenters. The smallest absolute Gasteiger partial charge is 0.0109 e. The van der Waals surface area contributed by atoms with Gasteiger partial charge in [-0.15, -0.1) is 0 Å². The molecule has 0 spiro atoms. The second kappa shape index (κ2) is 7.34. The van der Waals surface area contributed by atoms with Gasteiger partial charge in [-0.3, -0.25) is 0 Å². The number of unbranched alkanes of at least 4 members (excludes halogenated alkanes) is 2. The Bertz CT molecular complexity index is 204. The van der Waals surface area contributed by atoms with Crippen LogP contribution in [-0.4, -0.2) is 62.2 Å². The van der Waals surface area contributed by atoms with Crippen molar-refractivity contribution < 1.29 is 0 Å². The Morgan fingerprint density at radius 2 is 1.88 bits per heavy atom. The van der Waals surface area contributed by atoms with E-state index in [-0.39, 0.29) is 0 Å². The summed E-state index contributed by atoms with van der Waals surface area (Å²) in [5.41, 5.74) is 0. The van der Waals surface area contributed by atoms with Gasteiger partial charge in [-0.2, -0.15) is 0 Å². The fraction of sp³-hybridized carbons (Fsp3) is 1.00. The highest BCUT2D eigenvalue weighted by atomic mass is 15.2. The van der Waals surface area contributed by atoms with Gasteiger partial charge >= 0.3 is 0 Å². The van der Waals surface area contributed by atoms with Crippen LogP contribution in [0, 0.1) is 0 Å². The number of likely N-dealkylation sites (N-methyl/N-ethyl adjacent to an activating group) is 1. The first kappa shape index (κ1) is 13.3. The minimum absolute atomic E-state index is 0.885. The van der Waals surface area contributed by atoms with E-state index >= 15 is 0 Å². The van der Waals surface area contributed by atoms with Crippen LogP contribution in [-0.2, 0) is 0 Å². The predicted octanol–water partition coefficient (Wildman–Crippen LogP) is 1.55. The number of hydrogen-bond donors (Lipinski definition) is 1. The van der Waals surface area contributed by atoms with Crippen molar-refractivity contribution in [1.82, 2.24) is 15.1 Å². The fourth-order valence-corrected chi connectivity index (χ4v) is 2.55. The van der Waals surface area contributed by atoms with Crippen molar-refractivity contribution in [3.63, 3.8) is 0 Å². The minimum Gasteiger partial charge on any atom is -0.314 e. The Kier molecular flexibility index (Phi) is 5.75. The van der Waals surface area contributed by atoms with Crippen molar-refractivity contribution in [1.29, 1.82) is 0 Å². The normalized spacial score (nSPS) is 23.8. The lowest BCUT2D eigenvalue weighted by Crippen LogP contribution is -2.29. The summed E-state index contributed by atoms with van der Waals surface area (Å²) in [4.78, 5) is 5.11. The third kappa shape index (κ3) is 5.84. The molecule has 0 radical (unpaired) electrons. The summed E-state index contributed by atoms with van der Waals surface area (Å²) in [6, 6.07) is 0.885. The van der Waals surface area contributed by atoms with E-state index in [0.29, 0.717) is 0 Å².